The molecule has 0 bridgehead atoms. The minimum Gasteiger partial charge on any atom is -0.491 e. The summed E-state index contributed by atoms with van der Waals surface area (Å²) in [5.74, 6) is 1.73. The molecule has 1 saturated carbocycles. The summed E-state index contributed by atoms with van der Waals surface area (Å²) in [6.07, 6.45) is 6.38. The summed E-state index contributed by atoms with van der Waals surface area (Å²) in [7, 11) is 0. The molecule has 1 aliphatic rings. The molecule has 148 valence electrons. The zero-order valence-corrected chi connectivity index (χ0v) is 16.4. The predicted octanol–water partition coefficient (Wildman–Crippen LogP) is 3.83. The lowest BCUT2D eigenvalue weighted by Crippen LogP contribution is -2.25. The molecule has 0 amide bonds. The SMILES string of the molecule is CC(C)Oc1ccc(Nc2cc(N)nn3cc([C@H]4CC[C@H](N)CC4)nc23)cc1. The highest BCUT2D eigenvalue weighted by Gasteiger charge is 2.23. The number of hydrogen-bond acceptors (Lipinski definition) is 6. The number of nitrogens with zero attached hydrogens (tertiary/aromatic N) is 3. The van der Waals surface area contributed by atoms with Crippen LogP contribution in [-0.4, -0.2) is 26.7 Å². The Morgan fingerprint density at radius 1 is 1.14 bits per heavy atom. The number of hydrogen-bond donors (Lipinski definition) is 3. The molecule has 3 aromatic rings. The van der Waals surface area contributed by atoms with E-state index in [1.54, 1.807) is 4.52 Å². The number of anilines is 3. The molecular formula is C21H28N6O. The first-order chi connectivity index (χ1) is 13.5. The second-order valence-electron chi connectivity index (χ2n) is 7.84. The molecular weight excluding hydrogens is 352 g/mol. The molecule has 28 heavy (non-hydrogen) atoms. The number of ether oxygens (including phenoxy) is 1. The Balaban J connectivity index is 1.59. The molecule has 7 nitrogen and oxygen atoms in total. The molecule has 1 aromatic carbocycles. The predicted molar refractivity (Wildman–Crippen MR) is 112 cm³/mol. The van der Waals surface area contributed by atoms with E-state index >= 15 is 0 Å². The number of nitrogens with one attached hydrogen (secondary N) is 1. The van der Waals surface area contributed by atoms with Gasteiger partial charge in [-0.2, -0.15) is 0 Å². The van der Waals surface area contributed by atoms with Crippen LogP contribution in [0.15, 0.2) is 36.5 Å². The Kier molecular flexibility index (Phi) is 5.09. The van der Waals surface area contributed by atoms with Gasteiger partial charge in [-0.3, -0.25) is 0 Å². The Morgan fingerprint density at radius 3 is 2.54 bits per heavy atom. The maximum Gasteiger partial charge on any atom is 0.177 e. The fraction of sp³-hybridized carbons (Fsp3) is 0.429. The highest BCUT2D eigenvalue weighted by molar-refractivity contribution is 5.75. The van der Waals surface area contributed by atoms with Crippen molar-refractivity contribution in [2.45, 2.75) is 57.6 Å². The quantitative estimate of drug-likeness (QED) is 0.621. The van der Waals surface area contributed by atoms with Crippen LogP contribution in [0.3, 0.4) is 0 Å². The van der Waals surface area contributed by atoms with Crippen LogP contribution in [0.5, 0.6) is 5.75 Å². The van der Waals surface area contributed by atoms with E-state index in [1.165, 1.54) is 0 Å². The average molecular weight is 380 g/mol. The summed E-state index contributed by atoms with van der Waals surface area (Å²) in [5, 5.41) is 7.82. The van der Waals surface area contributed by atoms with Gasteiger partial charge in [-0.05, 0) is 63.8 Å². The van der Waals surface area contributed by atoms with Crippen LogP contribution in [0, 0.1) is 0 Å². The number of benzene rings is 1. The fourth-order valence-corrected chi connectivity index (χ4v) is 3.76. The molecule has 0 spiro atoms. The van der Waals surface area contributed by atoms with Crippen molar-refractivity contribution in [3.05, 3.63) is 42.2 Å². The van der Waals surface area contributed by atoms with E-state index in [9.17, 15) is 0 Å². The van der Waals surface area contributed by atoms with Crippen molar-refractivity contribution < 1.29 is 4.74 Å². The number of fused-ring (bicyclic) bond motifs is 1. The number of aromatic nitrogens is 3. The summed E-state index contributed by atoms with van der Waals surface area (Å²) in [4.78, 5) is 4.87. The van der Waals surface area contributed by atoms with E-state index in [4.69, 9.17) is 21.2 Å². The van der Waals surface area contributed by atoms with E-state index in [2.05, 4.69) is 10.4 Å². The summed E-state index contributed by atoms with van der Waals surface area (Å²) in [6, 6.07) is 10.0. The molecule has 0 aliphatic heterocycles. The number of nitrogens with two attached hydrogens (primary N) is 2. The van der Waals surface area contributed by atoms with Gasteiger partial charge < -0.3 is 21.5 Å². The molecule has 0 saturated heterocycles. The lowest BCUT2D eigenvalue weighted by atomic mass is 9.85. The van der Waals surface area contributed by atoms with Gasteiger partial charge in [-0.25, -0.2) is 9.50 Å². The molecule has 0 radical (unpaired) electrons. The van der Waals surface area contributed by atoms with Gasteiger partial charge in [0, 0.05) is 23.7 Å². The molecule has 0 unspecified atom stereocenters. The molecule has 2 aromatic heterocycles. The van der Waals surface area contributed by atoms with Gasteiger partial charge in [0.1, 0.15) is 11.6 Å². The maximum absolute atomic E-state index is 6.04. The second kappa shape index (κ2) is 7.67. The molecule has 7 heteroatoms. The molecule has 0 atom stereocenters. The van der Waals surface area contributed by atoms with Crippen molar-refractivity contribution in [3.8, 4) is 5.75 Å². The summed E-state index contributed by atoms with van der Waals surface area (Å²) >= 11 is 0. The van der Waals surface area contributed by atoms with Crippen LogP contribution in [-0.2, 0) is 0 Å². The van der Waals surface area contributed by atoms with Crippen molar-refractivity contribution >= 4 is 22.8 Å². The molecule has 1 aliphatic carbocycles. The lowest BCUT2D eigenvalue weighted by Gasteiger charge is -2.24. The molecule has 5 N–H and O–H groups in total. The maximum atomic E-state index is 6.04. The van der Waals surface area contributed by atoms with E-state index in [-0.39, 0.29) is 6.10 Å². The second-order valence-corrected chi connectivity index (χ2v) is 7.84. The largest absolute Gasteiger partial charge is 0.491 e. The third-order valence-electron chi connectivity index (χ3n) is 5.16. The standard InChI is InChI=1S/C21H28N6O/c1-13(2)28-17-9-7-16(8-10-17)24-18-11-20(23)26-27-12-19(25-21(18)27)14-3-5-15(22)6-4-14/h7-15,24H,3-6,22H2,1-2H3,(H2,23,26)/t14-,15-. The first kappa shape index (κ1) is 18.6. The zero-order chi connectivity index (χ0) is 19.7. The van der Waals surface area contributed by atoms with Crippen molar-refractivity contribution in [1.82, 2.24) is 14.6 Å². The number of rotatable bonds is 5. The van der Waals surface area contributed by atoms with Crippen LogP contribution < -0.4 is 21.5 Å². The summed E-state index contributed by atoms with van der Waals surface area (Å²) in [5.41, 5.74) is 15.7. The summed E-state index contributed by atoms with van der Waals surface area (Å²) < 4.78 is 7.48. The van der Waals surface area contributed by atoms with Crippen molar-refractivity contribution in [1.29, 1.82) is 0 Å². The smallest absolute Gasteiger partial charge is 0.177 e. The third kappa shape index (κ3) is 4.04. The van der Waals surface area contributed by atoms with Crippen LogP contribution in [0.25, 0.3) is 5.65 Å². The first-order valence-corrected chi connectivity index (χ1v) is 9.93. The van der Waals surface area contributed by atoms with Crippen molar-refractivity contribution in [2.75, 3.05) is 11.1 Å². The van der Waals surface area contributed by atoms with Gasteiger partial charge in [0.2, 0.25) is 0 Å². The molecule has 4 rings (SSSR count). The van der Waals surface area contributed by atoms with E-state index < -0.39 is 0 Å². The van der Waals surface area contributed by atoms with Gasteiger partial charge in [-0.15, -0.1) is 5.10 Å². The molecule has 1 fully saturated rings. The normalized spacial score (nSPS) is 19.9. The van der Waals surface area contributed by atoms with E-state index in [1.807, 2.05) is 50.4 Å². The van der Waals surface area contributed by atoms with Crippen molar-refractivity contribution in [2.24, 2.45) is 5.73 Å². The number of imidazole rings is 1. The van der Waals surface area contributed by atoms with Crippen LogP contribution >= 0.6 is 0 Å². The van der Waals surface area contributed by atoms with Crippen LogP contribution in [0.1, 0.15) is 51.1 Å². The van der Waals surface area contributed by atoms with Crippen LogP contribution in [0.4, 0.5) is 17.2 Å². The topological polar surface area (TPSA) is 103 Å². The van der Waals surface area contributed by atoms with Crippen molar-refractivity contribution in [3.63, 3.8) is 0 Å². The summed E-state index contributed by atoms with van der Waals surface area (Å²) in [6.45, 7) is 4.02. The minimum absolute atomic E-state index is 0.149. The Hall–Kier alpha value is -2.80. The Labute approximate surface area is 165 Å². The van der Waals surface area contributed by atoms with Gasteiger partial charge >= 0.3 is 0 Å². The van der Waals surface area contributed by atoms with E-state index in [0.717, 1.165) is 54.1 Å². The fourth-order valence-electron chi connectivity index (χ4n) is 3.76. The van der Waals surface area contributed by atoms with Gasteiger partial charge in [-0.1, -0.05) is 0 Å². The van der Waals surface area contributed by atoms with Gasteiger partial charge in [0.15, 0.2) is 5.65 Å². The van der Waals surface area contributed by atoms with E-state index in [0.29, 0.717) is 17.8 Å². The van der Waals surface area contributed by atoms with Gasteiger partial charge in [0.05, 0.1) is 23.7 Å². The number of nitrogen functional groups attached to an aromatic ring is 1. The molecule has 2 heterocycles. The zero-order valence-electron chi connectivity index (χ0n) is 16.4. The van der Waals surface area contributed by atoms with Crippen LogP contribution in [0.2, 0.25) is 0 Å². The Bertz CT molecular complexity index is 941. The first-order valence-electron chi connectivity index (χ1n) is 9.93. The van der Waals surface area contributed by atoms with Gasteiger partial charge in [0.25, 0.3) is 0 Å². The third-order valence-corrected chi connectivity index (χ3v) is 5.16. The minimum atomic E-state index is 0.149. The monoisotopic (exact) mass is 380 g/mol. The Morgan fingerprint density at radius 2 is 1.86 bits per heavy atom. The highest BCUT2D eigenvalue weighted by Crippen LogP contribution is 2.33. The lowest BCUT2D eigenvalue weighted by molar-refractivity contribution is 0.242. The average Bonchev–Trinajstić information content (AvgIpc) is 3.07. The highest BCUT2D eigenvalue weighted by atomic mass is 16.5.